The Hall–Kier alpha value is -2.90. The first-order valence-corrected chi connectivity index (χ1v) is 10.7. The Morgan fingerprint density at radius 2 is 1.90 bits per heavy atom. The third kappa shape index (κ3) is 4.03. The second kappa shape index (κ2) is 8.69. The van der Waals surface area contributed by atoms with E-state index < -0.39 is 12.0 Å². The number of fused-ring (bicyclic) bond motifs is 1. The number of pyridine rings is 1. The van der Waals surface area contributed by atoms with Crippen LogP contribution in [0.2, 0.25) is 0 Å². The SMILES string of the molecule is COc1c(C)cnc(CN2CCN(C(C(=O)O)c3c(C)[nH]c4ccccc34)CC2)c1C. The highest BCUT2D eigenvalue weighted by Crippen LogP contribution is 2.33. The lowest BCUT2D eigenvalue weighted by Gasteiger charge is -2.38. The molecule has 1 aliphatic rings. The number of aliphatic carboxylic acids is 1. The van der Waals surface area contributed by atoms with Gasteiger partial charge in [0.05, 0.1) is 12.8 Å². The van der Waals surface area contributed by atoms with Crippen LogP contribution in [0.4, 0.5) is 0 Å². The van der Waals surface area contributed by atoms with Crippen LogP contribution >= 0.6 is 0 Å². The minimum absolute atomic E-state index is 0.655. The van der Waals surface area contributed by atoms with E-state index in [1.165, 1.54) is 0 Å². The number of benzene rings is 1. The maximum Gasteiger partial charge on any atom is 0.325 e. The molecule has 0 saturated carbocycles. The van der Waals surface area contributed by atoms with Gasteiger partial charge in [0.25, 0.3) is 0 Å². The lowest BCUT2D eigenvalue weighted by atomic mass is 10.0. The standard InChI is InChI=1S/C24H30N4O3/c1-15-13-25-20(16(2)23(15)31-4)14-27-9-11-28(12-10-27)22(24(29)30)21-17(3)26-19-8-6-5-7-18(19)21/h5-8,13,22,26H,9-12,14H2,1-4H3,(H,29,30). The first kappa shape index (κ1) is 21.3. The highest BCUT2D eigenvalue weighted by atomic mass is 16.5. The molecule has 2 aromatic heterocycles. The number of carboxylic acid groups (broad SMARTS) is 1. The monoisotopic (exact) mass is 422 g/mol. The fraction of sp³-hybridized carbons (Fsp3) is 0.417. The van der Waals surface area contributed by atoms with Crippen molar-refractivity contribution in [1.82, 2.24) is 19.8 Å². The number of rotatable bonds is 6. The van der Waals surface area contributed by atoms with Crippen molar-refractivity contribution in [2.75, 3.05) is 33.3 Å². The molecular weight excluding hydrogens is 392 g/mol. The summed E-state index contributed by atoms with van der Waals surface area (Å²) in [7, 11) is 1.69. The third-order valence-corrected chi connectivity index (χ3v) is 6.35. The van der Waals surface area contributed by atoms with E-state index in [0.717, 1.165) is 64.4 Å². The second-order valence-corrected chi connectivity index (χ2v) is 8.31. The van der Waals surface area contributed by atoms with Crippen molar-refractivity contribution in [3.8, 4) is 5.75 Å². The summed E-state index contributed by atoms with van der Waals surface area (Å²) in [5, 5.41) is 11.1. The Morgan fingerprint density at radius 3 is 2.58 bits per heavy atom. The van der Waals surface area contributed by atoms with Gasteiger partial charge in [-0.3, -0.25) is 19.6 Å². The smallest absolute Gasteiger partial charge is 0.325 e. The minimum Gasteiger partial charge on any atom is -0.496 e. The summed E-state index contributed by atoms with van der Waals surface area (Å²) in [6, 6.07) is 7.26. The van der Waals surface area contributed by atoms with Gasteiger partial charge in [-0.1, -0.05) is 18.2 Å². The molecule has 3 heterocycles. The molecule has 1 aliphatic heterocycles. The van der Waals surface area contributed by atoms with Crippen LogP contribution in [0, 0.1) is 20.8 Å². The Morgan fingerprint density at radius 1 is 1.19 bits per heavy atom. The van der Waals surface area contributed by atoms with Crippen molar-refractivity contribution in [1.29, 1.82) is 0 Å². The first-order chi connectivity index (χ1) is 14.9. The van der Waals surface area contributed by atoms with Crippen molar-refractivity contribution >= 4 is 16.9 Å². The van der Waals surface area contributed by atoms with Crippen LogP contribution in [-0.2, 0) is 11.3 Å². The van der Waals surface area contributed by atoms with Crippen LogP contribution in [0.1, 0.15) is 34.1 Å². The molecule has 1 saturated heterocycles. The van der Waals surface area contributed by atoms with Gasteiger partial charge in [0, 0.05) is 72.2 Å². The van der Waals surface area contributed by atoms with Crippen LogP contribution in [0.15, 0.2) is 30.5 Å². The van der Waals surface area contributed by atoms with Gasteiger partial charge in [-0.15, -0.1) is 0 Å². The number of nitrogens with one attached hydrogen (secondary N) is 1. The predicted molar refractivity (Wildman–Crippen MR) is 121 cm³/mol. The van der Waals surface area contributed by atoms with Gasteiger partial charge in [0.15, 0.2) is 0 Å². The van der Waals surface area contributed by atoms with Gasteiger partial charge in [-0.2, -0.15) is 0 Å². The number of methoxy groups -OCH3 is 1. The highest BCUT2D eigenvalue weighted by Gasteiger charge is 2.33. The van der Waals surface area contributed by atoms with E-state index in [9.17, 15) is 9.90 Å². The number of nitrogens with zero attached hydrogens (tertiary/aromatic N) is 3. The molecule has 7 nitrogen and oxygen atoms in total. The number of aromatic nitrogens is 2. The van der Waals surface area contributed by atoms with Crippen LogP contribution in [-0.4, -0.2) is 64.1 Å². The normalized spacial score (nSPS) is 16.5. The van der Waals surface area contributed by atoms with E-state index in [2.05, 4.69) is 19.8 Å². The Balaban J connectivity index is 1.51. The highest BCUT2D eigenvalue weighted by molar-refractivity contribution is 5.90. The number of carbonyl (C=O) groups is 1. The second-order valence-electron chi connectivity index (χ2n) is 8.31. The fourth-order valence-corrected chi connectivity index (χ4v) is 4.73. The molecule has 1 atom stereocenters. The number of hydrogen-bond acceptors (Lipinski definition) is 5. The molecule has 7 heteroatoms. The molecule has 0 spiro atoms. The van der Waals surface area contributed by atoms with E-state index in [4.69, 9.17) is 4.74 Å². The molecular formula is C24H30N4O3. The van der Waals surface area contributed by atoms with E-state index in [0.29, 0.717) is 13.1 Å². The van der Waals surface area contributed by atoms with E-state index in [1.54, 1.807) is 7.11 Å². The van der Waals surface area contributed by atoms with Crippen molar-refractivity contribution < 1.29 is 14.6 Å². The summed E-state index contributed by atoms with van der Waals surface area (Å²) in [4.78, 5) is 24.7. The molecule has 164 valence electrons. The summed E-state index contributed by atoms with van der Waals surface area (Å²) in [5.41, 5.74) is 5.89. The number of hydrogen-bond donors (Lipinski definition) is 2. The van der Waals surface area contributed by atoms with Gasteiger partial charge in [0.2, 0.25) is 0 Å². The number of carboxylic acids is 1. The number of para-hydroxylation sites is 1. The van der Waals surface area contributed by atoms with Crippen LogP contribution < -0.4 is 4.74 Å². The lowest BCUT2D eigenvalue weighted by Crippen LogP contribution is -2.49. The summed E-state index contributed by atoms with van der Waals surface area (Å²) < 4.78 is 5.53. The molecule has 31 heavy (non-hydrogen) atoms. The number of aromatic amines is 1. The number of ether oxygens (including phenoxy) is 1. The molecule has 0 aliphatic carbocycles. The van der Waals surface area contributed by atoms with Crippen molar-refractivity contribution in [2.45, 2.75) is 33.4 Å². The van der Waals surface area contributed by atoms with Gasteiger partial charge in [-0.05, 0) is 26.8 Å². The zero-order valence-electron chi connectivity index (χ0n) is 18.6. The van der Waals surface area contributed by atoms with Crippen molar-refractivity contribution in [3.05, 3.63) is 58.5 Å². The topological polar surface area (TPSA) is 81.7 Å². The summed E-state index contributed by atoms with van der Waals surface area (Å²) in [5.74, 6) is 0.0893. The fourth-order valence-electron chi connectivity index (χ4n) is 4.73. The van der Waals surface area contributed by atoms with Gasteiger partial charge >= 0.3 is 5.97 Å². The molecule has 1 fully saturated rings. The summed E-state index contributed by atoms with van der Waals surface area (Å²) in [6.07, 6.45) is 1.86. The first-order valence-electron chi connectivity index (χ1n) is 10.7. The largest absolute Gasteiger partial charge is 0.496 e. The predicted octanol–water partition coefficient (Wildman–Crippen LogP) is 3.44. The van der Waals surface area contributed by atoms with Gasteiger partial charge < -0.3 is 14.8 Å². The number of aryl methyl sites for hydroxylation is 2. The molecule has 1 unspecified atom stereocenters. The lowest BCUT2D eigenvalue weighted by molar-refractivity contribution is -0.144. The molecule has 1 aromatic carbocycles. The van der Waals surface area contributed by atoms with Crippen LogP contribution in [0.3, 0.4) is 0 Å². The molecule has 0 radical (unpaired) electrons. The summed E-state index contributed by atoms with van der Waals surface area (Å²) >= 11 is 0. The minimum atomic E-state index is -0.804. The zero-order valence-corrected chi connectivity index (χ0v) is 18.6. The molecule has 0 amide bonds. The average Bonchev–Trinajstić information content (AvgIpc) is 3.07. The molecule has 2 N–H and O–H groups in total. The zero-order chi connectivity index (χ0) is 22.1. The number of H-pyrrole nitrogens is 1. The Labute approximate surface area is 182 Å². The molecule has 3 aromatic rings. The van der Waals surface area contributed by atoms with E-state index in [-0.39, 0.29) is 0 Å². The molecule has 4 rings (SSSR count). The molecule has 0 bridgehead atoms. The van der Waals surface area contributed by atoms with E-state index in [1.807, 2.05) is 51.2 Å². The number of piperazine rings is 1. The van der Waals surface area contributed by atoms with Crippen molar-refractivity contribution in [3.63, 3.8) is 0 Å². The van der Waals surface area contributed by atoms with E-state index >= 15 is 0 Å². The van der Waals surface area contributed by atoms with Gasteiger partial charge in [-0.25, -0.2) is 0 Å². The Bertz CT molecular complexity index is 1100. The quantitative estimate of drug-likeness (QED) is 0.633. The van der Waals surface area contributed by atoms with Crippen molar-refractivity contribution in [2.24, 2.45) is 0 Å². The van der Waals surface area contributed by atoms with Crippen LogP contribution in [0.25, 0.3) is 10.9 Å². The maximum atomic E-state index is 12.3. The van der Waals surface area contributed by atoms with Crippen LogP contribution in [0.5, 0.6) is 5.75 Å². The average molecular weight is 423 g/mol. The Kier molecular flexibility index (Phi) is 5.98. The maximum absolute atomic E-state index is 12.3. The van der Waals surface area contributed by atoms with Gasteiger partial charge in [0.1, 0.15) is 11.8 Å². The summed E-state index contributed by atoms with van der Waals surface area (Å²) in [6.45, 7) is 9.71. The third-order valence-electron chi connectivity index (χ3n) is 6.35.